The van der Waals surface area contributed by atoms with Gasteiger partial charge in [0.2, 0.25) is 11.8 Å². The number of hydrogen-bond donors (Lipinski definition) is 3. The van der Waals surface area contributed by atoms with Crippen molar-refractivity contribution in [1.29, 1.82) is 0 Å². The quantitative estimate of drug-likeness (QED) is 0.0556. The van der Waals surface area contributed by atoms with Crippen LogP contribution in [0.15, 0.2) is 0 Å². The predicted molar refractivity (Wildman–Crippen MR) is 215 cm³/mol. The standard InChI is InChI=1S/C43H88N4O2/c1-3-5-7-9-11-13-15-17-19-21-23-25-27-29-31-33-38-47(42(48)40-46-43(49)41(45)36-35-37-44)39-34-32-30-28-26-24-22-20-18-16-14-12-10-8-6-4-2/h41H,3-40,44-45H2,1-2H3,(H,46,49)/t41-/m0/s1. The number of nitrogens with one attached hydrogen (secondary N) is 1. The maximum Gasteiger partial charge on any atom is 0.241 e. The van der Waals surface area contributed by atoms with Gasteiger partial charge in [-0.15, -0.1) is 0 Å². The number of carbonyl (C=O) groups is 2. The van der Waals surface area contributed by atoms with Crippen molar-refractivity contribution in [2.75, 3.05) is 26.2 Å². The van der Waals surface area contributed by atoms with Crippen LogP contribution < -0.4 is 16.8 Å². The smallest absolute Gasteiger partial charge is 0.241 e. The van der Waals surface area contributed by atoms with Gasteiger partial charge in [0.1, 0.15) is 0 Å². The number of unbranched alkanes of at least 4 members (excludes halogenated alkanes) is 30. The summed E-state index contributed by atoms with van der Waals surface area (Å²) < 4.78 is 0. The summed E-state index contributed by atoms with van der Waals surface area (Å²) in [5.74, 6) is -0.215. The van der Waals surface area contributed by atoms with Crippen LogP contribution in [-0.2, 0) is 9.59 Å². The molecule has 0 aromatic carbocycles. The summed E-state index contributed by atoms with van der Waals surface area (Å²) in [5.41, 5.74) is 11.5. The van der Waals surface area contributed by atoms with Gasteiger partial charge in [-0.05, 0) is 32.2 Å². The summed E-state index contributed by atoms with van der Waals surface area (Å²) in [4.78, 5) is 27.5. The van der Waals surface area contributed by atoms with Gasteiger partial charge in [-0.3, -0.25) is 9.59 Å². The first kappa shape index (κ1) is 47.9. The van der Waals surface area contributed by atoms with Gasteiger partial charge in [-0.2, -0.15) is 0 Å². The molecule has 0 aliphatic carbocycles. The Bertz CT molecular complexity index is 653. The molecule has 6 heteroatoms. The first-order valence-electron chi connectivity index (χ1n) is 22.1. The Labute approximate surface area is 306 Å². The number of rotatable bonds is 40. The highest BCUT2D eigenvalue weighted by Crippen LogP contribution is 2.16. The van der Waals surface area contributed by atoms with Gasteiger partial charge in [0.05, 0.1) is 12.6 Å². The van der Waals surface area contributed by atoms with Crippen molar-refractivity contribution in [1.82, 2.24) is 10.2 Å². The van der Waals surface area contributed by atoms with Crippen LogP contribution in [0, 0.1) is 0 Å². The molecular weight excluding hydrogens is 604 g/mol. The van der Waals surface area contributed by atoms with Crippen LogP contribution in [0.4, 0.5) is 0 Å². The van der Waals surface area contributed by atoms with E-state index in [4.69, 9.17) is 11.5 Å². The van der Waals surface area contributed by atoms with Crippen molar-refractivity contribution >= 4 is 11.8 Å². The number of amides is 2. The first-order valence-corrected chi connectivity index (χ1v) is 22.1. The molecule has 0 aromatic rings. The van der Waals surface area contributed by atoms with Gasteiger partial charge in [-0.25, -0.2) is 0 Å². The van der Waals surface area contributed by atoms with Crippen molar-refractivity contribution < 1.29 is 9.59 Å². The number of hydrogen-bond acceptors (Lipinski definition) is 4. The van der Waals surface area contributed by atoms with E-state index in [1.54, 1.807) is 0 Å². The van der Waals surface area contributed by atoms with Gasteiger partial charge in [0.15, 0.2) is 0 Å². The Balaban J connectivity index is 4.10. The van der Waals surface area contributed by atoms with E-state index in [1.165, 1.54) is 193 Å². The van der Waals surface area contributed by atoms with Gasteiger partial charge in [0, 0.05) is 13.1 Å². The average molecular weight is 693 g/mol. The van der Waals surface area contributed by atoms with Crippen LogP contribution in [0.1, 0.15) is 232 Å². The lowest BCUT2D eigenvalue weighted by molar-refractivity contribution is -0.133. The van der Waals surface area contributed by atoms with E-state index in [0.717, 1.165) is 25.9 Å². The summed E-state index contributed by atoms with van der Waals surface area (Å²) >= 11 is 0. The molecule has 0 spiro atoms. The molecule has 0 saturated heterocycles. The van der Waals surface area contributed by atoms with E-state index in [-0.39, 0.29) is 18.4 Å². The third-order valence-corrected chi connectivity index (χ3v) is 10.4. The molecule has 0 unspecified atom stereocenters. The third kappa shape index (κ3) is 35.1. The van der Waals surface area contributed by atoms with Crippen LogP contribution in [0.25, 0.3) is 0 Å². The van der Waals surface area contributed by atoms with E-state index >= 15 is 0 Å². The molecule has 0 saturated carbocycles. The summed E-state index contributed by atoms with van der Waals surface area (Å²) in [5, 5.41) is 2.79. The van der Waals surface area contributed by atoms with E-state index in [0.29, 0.717) is 19.4 Å². The molecule has 0 aliphatic rings. The number of nitrogens with zero attached hydrogens (tertiary/aromatic N) is 1. The molecule has 0 rings (SSSR count). The fraction of sp³-hybridized carbons (Fsp3) is 0.953. The van der Waals surface area contributed by atoms with E-state index in [1.807, 2.05) is 4.90 Å². The van der Waals surface area contributed by atoms with Crippen LogP contribution >= 0.6 is 0 Å². The van der Waals surface area contributed by atoms with Crippen molar-refractivity contribution in [3.05, 3.63) is 0 Å². The molecule has 0 aromatic heterocycles. The highest BCUT2D eigenvalue weighted by atomic mass is 16.2. The molecule has 6 nitrogen and oxygen atoms in total. The Morgan fingerprint density at radius 3 is 1.04 bits per heavy atom. The van der Waals surface area contributed by atoms with E-state index in [2.05, 4.69) is 19.2 Å². The molecular formula is C43H88N4O2. The second kappa shape index (κ2) is 39.6. The third-order valence-electron chi connectivity index (χ3n) is 10.4. The topological polar surface area (TPSA) is 101 Å². The fourth-order valence-corrected chi connectivity index (χ4v) is 6.94. The lowest BCUT2D eigenvalue weighted by Gasteiger charge is -2.23. The molecule has 1 atom stereocenters. The molecule has 0 aliphatic heterocycles. The largest absolute Gasteiger partial charge is 0.346 e. The summed E-state index contributed by atoms with van der Waals surface area (Å²) in [7, 11) is 0. The zero-order valence-corrected chi connectivity index (χ0v) is 33.4. The summed E-state index contributed by atoms with van der Waals surface area (Å²) in [6.45, 7) is 6.74. The summed E-state index contributed by atoms with van der Waals surface area (Å²) in [6.07, 6.45) is 44.4. The molecule has 49 heavy (non-hydrogen) atoms. The fourth-order valence-electron chi connectivity index (χ4n) is 6.94. The Morgan fingerprint density at radius 2 is 0.755 bits per heavy atom. The Hall–Kier alpha value is -1.14. The zero-order valence-electron chi connectivity index (χ0n) is 33.4. The predicted octanol–water partition coefficient (Wildman–Crippen LogP) is 11.5. The lowest BCUT2D eigenvalue weighted by atomic mass is 10.0. The second-order valence-electron chi connectivity index (χ2n) is 15.2. The highest BCUT2D eigenvalue weighted by Gasteiger charge is 2.17. The minimum Gasteiger partial charge on any atom is -0.346 e. The normalized spacial score (nSPS) is 12.0. The van der Waals surface area contributed by atoms with Gasteiger partial charge in [0.25, 0.3) is 0 Å². The van der Waals surface area contributed by atoms with Gasteiger partial charge in [-0.1, -0.05) is 206 Å². The van der Waals surface area contributed by atoms with Crippen molar-refractivity contribution in [3.63, 3.8) is 0 Å². The van der Waals surface area contributed by atoms with E-state index in [9.17, 15) is 9.59 Å². The molecule has 0 fully saturated rings. The highest BCUT2D eigenvalue weighted by molar-refractivity contribution is 5.87. The molecule has 0 bridgehead atoms. The Kier molecular flexibility index (Phi) is 38.7. The lowest BCUT2D eigenvalue weighted by Crippen LogP contribution is -2.46. The number of carbonyl (C=O) groups excluding carboxylic acids is 2. The van der Waals surface area contributed by atoms with Crippen LogP contribution in [0.2, 0.25) is 0 Å². The SMILES string of the molecule is CCCCCCCCCCCCCCCCCCN(CCCCCCCCCCCCCCCCCC)C(=O)CNC(=O)[C@@H](N)CCCN. The average Bonchev–Trinajstić information content (AvgIpc) is 3.11. The second-order valence-corrected chi connectivity index (χ2v) is 15.2. The number of nitrogens with two attached hydrogens (primary N) is 2. The maximum atomic E-state index is 13.1. The van der Waals surface area contributed by atoms with Gasteiger partial charge >= 0.3 is 0 Å². The maximum absolute atomic E-state index is 13.1. The minimum atomic E-state index is -0.592. The Morgan fingerprint density at radius 1 is 0.469 bits per heavy atom. The van der Waals surface area contributed by atoms with Crippen molar-refractivity contribution in [2.45, 2.75) is 238 Å². The van der Waals surface area contributed by atoms with Crippen molar-refractivity contribution in [2.24, 2.45) is 11.5 Å². The van der Waals surface area contributed by atoms with Crippen LogP contribution in [0.3, 0.4) is 0 Å². The molecule has 5 N–H and O–H groups in total. The van der Waals surface area contributed by atoms with E-state index < -0.39 is 6.04 Å². The molecule has 2 amide bonds. The van der Waals surface area contributed by atoms with Gasteiger partial charge < -0.3 is 21.7 Å². The monoisotopic (exact) mass is 693 g/mol. The van der Waals surface area contributed by atoms with Crippen LogP contribution in [0.5, 0.6) is 0 Å². The molecule has 292 valence electrons. The first-order chi connectivity index (χ1) is 24.1. The van der Waals surface area contributed by atoms with Crippen molar-refractivity contribution in [3.8, 4) is 0 Å². The summed E-state index contributed by atoms with van der Waals surface area (Å²) in [6, 6.07) is -0.592. The zero-order chi connectivity index (χ0) is 35.9. The molecule has 0 heterocycles. The molecule has 0 radical (unpaired) electrons. The minimum absolute atomic E-state index is 0.0290. The van der Waals surface area contributed by atoms with Crippen LogP contribution in [-0.4, -0.2) is 48.9 Å².